The lowest BCUT2D eigenvalue weighted by Crippen LogP contribution is -2.44. The molecule has 1 aliphatic heterocycles. The van der Waals surface area contributed by atoms with E-state index in [2.05, 4.69) is 39.1 Å². The number of rotatable bonds is 9. The highest BCUT2D eigenvalue weighted by atomic mass is 16.5. The SMILES string of the molecule is Cc1ccc(-c2cnc(Nc3ccc(OCCCN4CCN(C)CC4)cc3)c(C(N)=O)n2)cc1C. The van der Waals surface area contributed by atoms with E-state index in [-0.39, 0.29) is 5.69 Å². The summed E-state index contributed by atoms with van der Waals surface area (Å²) in [6.45, 7) is 10.3. The Labute approximate surface area is 207 Å². The third-order valence-corrected chi connectivity index (χ3v) is 6.41. The first-order valence-electron chi connectivity index (χ1n) is 12.0. The molecule has 1 saturated heterocycles. The molecule has 8 heteroatoms. The molecule has 2 heterocycles. The van der Waals surface area contributed by atoms with Crippen molar-refractivity contribution in [3.63, 3.8) is 0 Å². The molecule has 0 unspecified atom stereocenters. The molecule has 0 atom stereocenters. The Bertz CT molecular complexity index is 1160. The van der Waals surface area contributed by atoms with Crippen molar-refractivity contribution in [2.75, 3.05) is 51.7 Å². The highest BCUT2D eigenvalue weighted by Gasteiger charge is 2.15. The van der Waals surface area contributed by atoms with Crippen LogP contribution in [0.5, 0.6) is 5.75 Å². The number of primary amides is 1. The van der Waals surface area contributed by atoms with Crippen molar-refractivity contribution in [1.82, 2.24) is 19.8 Å². The molecule has 0 saturated carbocycles. The zero-order valence-corrected chi connectivity index (χ0v) is 20.8. The van der Waals surface area contributed by atoms with Gasteiger partial charge < -0.3 is 25.6 Å². The molecule has 2 aromatic carbocycles. The second-order valence-corrected chi connectivity index (χ2v) is 9.11. The van der Waals surface area contributed by atoms with E-state index >= 15 is 0 Å². The van der Waals surface area contributed by atoms with Crippen molar-refractivity contribution in [2.45, 2.75) is 20.3 Å². The standard InChI is InChI=1S/C27H34N6O2/c1-19-5-6-21(17-20(19)2)24-18-29-27(25(31-24)26(28)34)30-22-7-9-23(10-8-22)35-16-4-11-33-14-12-32(3)13-15-33/h5-10,17-18H,4,11-16H2,1-3H3,(H2,28,34)(H,29,30). The largest absolute Gasteiger partial charge is 0.494 e. The third kappa shape index (κ3) is 6.55. The summed E-state index contributed by atoms with van der Waals surface area (Å²) in [5, 5.41) is 3.15. The summed E-state index contributed by atoms with van der Waals surface area (Å²) in [4.78, 5) is 25.9. The number of ether oxygens (including phenoxy) is 1. The van der Waals surface area contributed by atoms with E-state index in [0.717, 1.165) is 61.7 Å². The molecule has 8 nitrogen and oxygen atoms in total. The van der Waals surface area contributed by atoms with Gasteiger partial charge in [-0.15, -0.1) is 0 Å². The summed E-state index contributed by atoms with van der Waals surface area (Å²) >= 11 is 0. The highest BCUT2D eigenvalue weighted by molar-refractivity contribution is 5.96. The Balaban J connectivity index is 1.35. The zero-order valence-electron chi connectivity index (χ0n) is 20.8. The van der Waals surface area contributed by atoms with Gasteiger partial charge in [-0.1, -0.05) is 12.1 Å². The normalized spacial score (nSPS) is 14.6. The second-order valence-electron chi connectivity index (χ2n) is 9.11. The number of piperazine rings is 1. The quantitative estimate of drug-likeness (QED) is 0.457. The van der Waals surface area contributed by atoms with Gasteiger partial charge in [0.25, 0.3) is 5.91 Å². The molecular formula is C27H34N6O2. The van der Waals surface area contributed by atoms with Gasteiger partial charge in [-0.25, -0.2) is 9.97 Å². The average molecular weight is 475 g/mol. The van der Waals surface area contributed by atoms with E-state index in [0.29, 0.717) is 18.1 Å². The minimum atomic E-state index is -0.633. The zero-order chi connectivity index (χ0) is 24.8. The Morgan fingerprint density at radius 2 is 1.80 bits per heavy atom. The number of hydrogen-bond acceptors (Lipinski definition) is 7. The number of nitrogens with one attached hydrogen (secondary N) is 1. The first-order chi connectivity index (χ1) is 16.9. The summed E-state index contributed by atoms with van der Waals surface area (Å²) in [5.74, 6) is 0.497. The Kier molecular flexibility index (Phi) is 7.94. The van der Waals surface area contributed by atoms with Crippen molar-refractivity contribution in [1.29, 1.82) is 0 Å². The summed E-state index contributed by atoms with van der Waals surface area (Å²) < 4.78 is 5.90. The van der Waals surface area contributed by atoms with Crippen LogP contribution >= 0.6 is 0 Å². The number of aromatic nitrogens is 2. The van der Waals surface area contributed by atoms with Crippen molar-refractivity contribution in [3.05, 3.63) is 65.5 Å². The van der Waals surface area contributed by atoms with E-state index in [1.807, 2.05) is 49.4 Å². The van der Waals surface area contributed by atoms with Crippen LogP contribution in [0.25, 0.3) is 11.3 Å². The van der Waals surface area contributed by atoms with Crippen molar-refractivity contribution < 1.29 is 9.53 Å². The van der Waals surface area contributed by atoms with E-state index in [1.165, 1.54) is 5.56 Å². The lowest BCUT2D eigenvalue weighted by Gasteiger charge is -2.32. The van der Waals surface area contributed by atoms with Crippen LogP contribution in [0.1, 0.15) is 28.0 Å². The first-order valence-corrected chi connectivity index (χ1v) is 12.0. The third-order valence-electron chi connectivity index (χ3n) is 6.41. The van der Waals surface area contributed by atoms with E-state index in [1.54, 1.807) is 6.20 Å². The summed E-state index contributed by atoms with van der Waals surface area (Å²) in [5.41, 5.74) is 10.3. The van der Waals surface area contributed by atoms with E-state index < -0.39 is 5.91 Å². The van der Waals surface area contributed by atoms with Gasteiger partial charge in [0.05, 0.1) is 18.5 Å². The predicted octanol–water partition coefficient (Wildman–Crippen LogP) is 3.62. The number of anilines is 2. The number of benzene rings is 2. The van der Waals surface area contributed by atoms with E-state index in [9.17, 15) is 4.79 Å². The Morgan fingerprint density at radius 3 is 2.49 bits per heavy atom. The van der Waals surface area contributed by atoms with Crippen LogP contribution in [0.3, 0.4) is 0 Å². The number of aryl methyl sites for hydroxylation is 2. The second kappa shape index (κ2) is 11.3. The lowest BCUT2D eigenvalue weighted by atomic mass is 10.0. The number of hydrogen-bond donors (Lipinski definition) is 2. The van der Waals surface area contributed by atoms with Crippen molar-refractivity contribution in [3.8, 4) is 17.0 Å². The molecule has 0 aliphatic carbocycles. The van der Waals surface area contributed by atoms with Crippen LogP contribution in [0.2, 0.25) is 0 Å². The van der Waals surface area contributed by atoms with Crippen molar-refractivity contribution >= 4 is 17.4 Å². The molecule has 1 aliphatic rings. The van der Waals surface area contributed by atoms with Gasteiger partial charge in [0.15, 0.2) is 11.5 Å². The van der Waals surface area contributed by atoms with Crippen LogP contribution < -0.4 is 15.8 Å². The average Bonchev–Trinajstić information content (AvgIpc) is 2.86. The fourth-order valence-corrected chi connectivity index (χ4v) is 4.01. The minimum Gasteiger partial charge on any atom is -0.494 e. The molecule has 0 spiro atoms. The number of carbonyl (C=O) groups excluding carboxylic acids is 1. The van der Waals surface area contributed by atoms with Gasteiger partial charge in [-0.05, 0) is 68.8 Å². The van der Waals surface area contributed by atoms with Crippen LogP contribution in [0, 0.1) is 13.8 Å². The van der Waals surface area contributed by atoms with Gasteiger partial charge in [0.1, 0.15) is 5.75 Å². The topological polar surface area (TPSA) is 96.6 Å². The number of amides is 1. The van der Waals surface area contributed by atoms with Gasteiger partial charge in [-0.2, -0.15) is 0 Å². The van der Waals surface area contributed by atoms with Gasteiger partial charge >= 0.3 is 0 Å². The highest BCUT2D eigenvalue weighted by Crippen LogP contribution is 2.25. The molecule has 1 fully saturated rings. The predicted molar refractivity (Wildman–Crippen MR) is 139 cm³/mol. The molecule has 0 radical (unpaired) electrons. The first kappa shape index (κ1) is 24.6. The molecule has 1 amide bonds. The molecule has 35 heavy (non-hydrogen) atoms. The Hall–Kier alpha value is -3.49. The molecule has 0 bridgehead atoms. The molecule has 4 rings (SSSR count). The van der Waals surface area contributed by atoms with Crippen LogP contribution in [0.4, 0.5) is 11.5 Å². The number of likely N-dealkylation sites (N-methyl/N-ethyl adjacent to an activating group) is 1. The molecule has 3 N–H and O–H groups in total. The van der Waals surface area contributed by atoms with Crippen LogP contribution in [-0.4, -0.2) is 72.1 Å². The number of carbonyl (C=O) groups is 1. The Morgan fingerprint density at radius 1 is 1.06 bits per heavy atom. The van der Waals surface area contributed by atoms with E-state index in [4.69, 9.17) is 10.5 Å². The number of nitrogens with two attached hydrogens (primary N) is 1. The fraction of sp³-hybridized carbons (Fsp3) is 0.370. The maximum absolute atomic E-state index is 12.1. The summed E-state index contributed by atoms with van der Waals surface area (Å²) in [7, 11) is 2.17. The maximum atomic E-state index is 12.1. The van der Waals surface area contributed by atoms with Crippen LogP contribution in [-0.2, 0) is 0 Å². The lowest BCUT2D eigenvalue weighted by molar-refractivity contribution is 0.0996. The minimum absolute atomic E-state index is 0.102. The molecule has 184 valence electrons. The summed E-state index contributed by atoms with van der Waals surface area (Å²) in [6, 6.07) is 13.6. The molecule has 1 aromatic heterocycles. The van der Waals surface area contributed by atoms with Crippen LogP contribution in [0.15, 0.2) is 48.7 Å². The van der Waals surface area contributed by atoms with Gasteiger partial charge in [-0.3, -0.25) is 4.79 Å². The van der Waals surface area contributed by atoms with Gasteiger partial charge in [0.2, 0.25) is 0 Å². The fourth-order valence-electron chi connectivity index (χ4n) is 4.01. The van der Waals surface area contributed by atoms with Crippen molar-refractivity contribution in [2.24, 2.45) is 5.73 Å². The monoisotopic (exact) mass is 474 g/mol. The summed E-state index contributed by atoms with van der Waals surface area (Å²) in [6.07, 6.45) is 2.64. The smallest absolute Gasteiger partial charge is 0.271 e. The molecule has 3 aromatic rings. The number of nitrogens with zero attached hydrogens (tertiary/aromatic N) is 4. The van der Waals surface area contributed by atoms with Gasteiger partial charge in [0, 0.05) is 44.0 Å². The molecular weight excluding hydrogens is 440 g/mol. The maximum Gasteiger partial charge on any atom is 0.271 e.